The number of carbonyl (C=O) groups is 2. The molecule has 0 aromatic carbocycles. The van der Waals surface area contributed by atoms with Crippen LogP contribution < -0.4 is 0 Å². The zero-order chi connectivity index (χ0) is 11.8. The van der Waals surface area contributed by atoms with Crippen LogP contribution in [0.3, 0.4) is 0 Å². The molecule has 0 N–H and O–H groups in total. The Morgan fingerprint density at radius 1 is 1.40 bits per heavy atom. The van der Waals surface area contributed by atoms with Crippen molar-refractivity contribution >= 4 is 23.4 Å². The Morgan fingerprint density at radius 3 is 2.40 bits per heavy atom. The van der Waals surface area contributed by atoms with Gasteiger partial charge in [0.05, 0.1) is 13.2 Å². The first-order valence-electron chi connectivity index (χ1n) is 4.35. The predicted octanol–water partition coefficient (Wildman–Crippen LogP) is 1.57. The van der Waals surface area contributed by atoms with Crippen molar-refractivity contribution in [3.8, 4) is 0 Å². The molecule has 0 saturated carbocycles. The summed E-state index contributed by atoms with van der Waals surface area (Å²) >= 11 is 4.93. The highest BCUT2D eigenvalue weighted by molar-refractivity contribution is 6.36. The molecule has 0 amide bonds. The van der Waals surface area contributed by atoms with Gasteiger partial charge in [0.2, 0.25) is 11.4 Å². The van der Waals surface area contributed by atoms with Gasteiger partial charge < -0.3 is 9.47 Å². The van der Waals surface area contributed by atoms with Crippen molar-refractivity contribution in [1.29, 1.82) is 0 Å². The number of ketones is 1. The number of halogens is 2. The van der Waals surface area contributed by atoms with Gasteiger partial charge in [0.1, 0.15) is 11.8 Å². The number of rotatable bonds is 6. The molecule has 6 heteroatoms. The molecule has 1 atom stereocenters. The Balaban J connectivity index is 4.73. The summed E-state index contributed by atoms with van der Waals surface area (Å²) in [5.74, 6) is -2.11. The zero-order valence-corrected chi connectivity index (χ0v) is 9.21. The van der Waals surface area contributed by atoms with Crippen molar-refractivity contribution < 1.29 is 23.5 Å². The fraction of sp³-hybridized carbons (Fsp3) is 0.556. The smallest absolute Gasteiger partial charge is 0.345 e. The second-order valence-electron chi connectivity index (χ2n) is 2.37. The minimum Gasteiger partial charge on any atom is -0.500 e. The largest absolute Gasteiger partial charge is 0.500 e. The van der Waals surface area contributed by atoms with E-state index in [0.29, 0.717) is 0 Å². The molecular weight excluding hydrogens is 227 g/mol. The molecule has 0 bridgehead atoms. The maximum atomic E-state index is 12.5. The average molecular weight is 239 g/mol. The molecule has 0 aliphatic heterocycles. The number of hydrogen-bond donors (Lipinski definition) is 0. The molecule has 0 saturated heterocycles. The highest BCUT2D eigenvalue weighted by Crippen LogP contribution is 2.10. The Labute approximate surface area is 92.0 Å². The van der Waals surface area contributed by atoms with Gasteiger partial charge in [0, 0.05) is 0 Å². The third-order valence-corrected chi connectivity index (χ3v) is 1.53. The maximum Gasteiger partial charge on any atom is 0.345 e. The number of alkyl halides is 2. The minimum atomic E-state index is -2.28. The van der Waals surface area contributed by atoms with Gasteiger partial charge in [-0.1, -0.05) is 11.6 Å². The van der Waals surface area contributed by atoms with Crippen molar-refractivity contribution in [2.75, 3.05) is 13.2 Å². The molecule has 0 rings (SSSR count). The van der Waals surface area contributed by atoms with Gasteiger partial charge >= 0.3 is 5.97 Å². The molecule has 0 heterocycles. The van der Waals surface area contributed by atoms with Gasteiger partial charge in [-0.05, 0) is 13.8 Å². The molecule has 0 aromatic heterocycles. The van der Waals surface area contributed by atoms with Gasteiger partial charge in [-0.15, -0.1) is 0 Å². The highest BCUT2D eigenvalue weighted by atomic mass is 35.5. The van der Waals surface area contributed by atoms with Crippen LogP contribution >= 0.6 is 11.6 Å². The summed E-state index contributed by atoms with van der Waals surface area (Å²) in [5.41, 5.74) is -2.80. The van der Waals surface area contributed by atoms with E-state index in [9.17, 15) is 14.0 Å². The monoisotopic (exact) mass is 238 g/mol. The zero-order valence-electron chi connectivity index (χ0n) is 8.46. The van der Waals surface area contributed by atoms with Crippen LogP contribution in [0.25, 0.3) is 0 Å². The lowest BCUT2D eigenvalue weighted by molar-refractivity contribution is -0.140. The van der Waals surface area contributed by atoms with Gasteiger partial charge in [0.15, 0.2) is 0 Å². The summed E-state index contributed by atoms with van der Waals surface area (Å²) in [6.45, 7) is 3.54. The van der Waals surface area contributed by atoms with Crippen LogP contribution in [-0.4, -0.2) is 30.6 Å². The minimum absolute atomic E-state index is 0.0782. The summed E-state index contributed by atoms with van der Waals surface area (Å²) < 4.78 is 21.7. The SMILES string of the molecule is CCOC=C(C(=O)OCC)C(=O)C(F)Cl. The van der Waals surface area contributed by atoms with Gasteiger partial charge in [-0.2, -0.15) is 0 Å². The van der Waals surface area contributed by atoms with Crippen molar-refractivity contribution in [1.82, 2.24) is 0 Å². The number of Topliss-reactive ketones (excluding diaryl/α,β-unsaturated/α-hetero) is 1. The molecule has 86 valence electrons. The Bertz CT molecular complexity index is 263. The van der Waals surface area contributed by atoms with Crippen molar-refractivity contribution in [2.24, 2.45) is 0 Å². The summed E-state index contributed by atoms with van der Waals surface area (Å²) in [7, 11) is 0. The standard InChI is InChI=1S/C9H12ClFO4/c1-3-14-5-6(7(12)8(10)11)9(13)15-4-2/h5,8H,3-4H2,1-2H3. The second kappa shape index (κ2) is 7.23. The molecule has 0 aromatic rings. The second-order valence-corrected chi connectivity index (χ2v) is 2.76. The van der Waals surface area contributed by atoms with Gasteiger partial charge in [-0.3, -0.25) is 4.79 Å². The lowest BCUT2D eigenvalue weighted by atomic mass is 10.2. The summed E-state index contributed by atoms with van der Waals surface area (Å²) in [6.07, 6.45) is 0.856. The molecule has 0 fully saturated rings. The Hall–Kier alpha value is -1.10. The normalized spacial score (nSPS) is 13.2. The first-order valence-corrected chi connectivity index (χ1v) is 4.79. The third kappa shape index (κ3) is 4.78. The van der Waals surface area contributed by atoms with Crippen LogP contribution in [0, 0.1) is 0 Å². The van der Waals surface area contributed by atoms with E-state index < -0.39 is 23.0 Å². The summed E-state index contributed by atoms with van der Waals surface area (Å²) in [5, 5.41) is 0. The van der Waals surface area contributed by atoms with Crippen molar-refractivity contribution in [3.63, 3.8) is 0 Å². The molecule has 0 radical (unpaired) electrons. The van der Waals surface area contributed by atoms with Gasteiger partial charge in [0.25, 0.3) is 0 Å². The van der Waals surface area contributed by atoms with E-state index >= 15 is 0 Å². The number of ether oxygens (including phenoxy) is 2. The van der Waals surface area contributed by atoms with E-state index in [4.69, 9.17) is 16.3 Å². The Kier molecular flexibility index (Phi) is 6.70. The average Bonchev–Trinajstić information content (AvgIpc) is 2.18. The van der Waals surface area contributed by atoms with E-state index in [1.165, 1.54) is 0 Å². The lowest BCUT2D eigenvalue weighted by Gasteiger charge is -2.05. The van der Waals surface area contributed by atoms with Crippen molar-refractivity contribution in [3.05, 3.63) is 11.8 Å². The molecule has 15 heavy (non-hydrogen) atoms. The van der Waals surface area contributed by atoms with E-state index in [1.807, 2.05) is 0 Å². The predicted molar refractivity (Wildman–Crippen MR) is 52.1 cm³/mol. The molecule has 0 aliphatic rings. The van der Waals surface area contributed by atoms with Crippen LogP contribution in [0.5, 0.6) is 0 Å². The van der Waals surface area contributed by atoms with Crippen LogP contribution in [0.2, 0.25) is 0 Å². The molecule has 4 nitrogen and oxygen atoms in total. The van der Waals surface area contributed by atoms with E-state index in [1.54, 1.807) is 13.8 Å². The number of esters is 1. The van der Waals surface area contributed by atoms with Crippen LogP contribution in [0.1, 0.15) is 13.8 Å². The molecule has 0 aliphatic carbocycles. The topological polar surface area (TPSA) is 52.6 Å². The molecular formula is C9H12ClFO4. The van der Waals surface area contributed by atoms with Crippen LogP contribution in [0.15, 0.2) is 11.8 Å². The van der Waals surface area contributed by atoms with E-state index in [2.05, 4.69) is 4.74 Å². The highest BCUT2D eigenvalue weighted by Gasteiger charge is 2.26. The first-order chi connectivity index (χ1) is 7.04. The summed E-state index contributed by atoms with van der Waals surface area (Å²) in [6, 6.07) is 0. The van der Waals surface area contributed by atoms with Crippen LogP contribution in [-0.2, 0) is 19.1 Å². The van der Waals surface area contributed by atoms with Gasteiger partial charge in [-0.25, -0.2) is 9.18 Å². The first kappa shape index (κ1) is 13.9. The summed E-state index contributed by atoms with van der Waals surface area (Å²) in [4.78, 5) is 22.3. The lowest BCUT2D eigenvalue weighted by Crippen LogP contribution is -2.21. The fourth-order valence-corrected chi connectivity index (χ4v) is 0.817. The van der Waals surface area contributed by atoms with Crippen molar-refractivity contribution in [2.45, 2.75) is 19.5 Å². The number of hydrogen-bond acceptors (Lipinski definition) is 4. The van der Waals surface area contributed by atoms with E-state index in [0.717, 1.165) is 6.26 Å². The number of carbonyl (C=O) groups excluding carboxylic acids is 2. The Morgan fingerprint density at radius 2 is 2.00 bits per heavy atom. The molecule has 0 spiro atoms. The quantitative estimate of drug-likeness (QED) is 0.176. The maximum absolute atomic E-state index is 12.5. The van der Waals surface area contributed by atoms with Crippen LogP contribution in [0.4, 0.5) is 4.39 Å². The fourth-order valence-electron chi connectivity index (χ4n) is 0.700. The van der Waals surface area contributed by atoms with E-state index in [-0.39, 0.29) is 13.2 Å². The molecule has 1 unspecified atom stereocenters. The third-order valence-electron chi connectivity index (χ3n) is 1.33.